The van der Waals surface area contributed by atoms with E-state index in [1.165, 1.54) is 18.6 Å². The van der Waals surface area contributed by atoms with Gasteiger partial charge in [-0.3, -0.25) is 9.78 Å². The second-order valence-corrected chi connectivity index (χ2v) is 4.35. The van der Waals surface area contributed by atoms with Gasteiger partial charge >= 0.3 is 0 Å². The normalized spacial score (nSPS) is 10.6. The van der Waals surface area contributed by atoms with E-state index in [2.05, 4.69) is 15.3 Å². The number of hydrogen-bond acceptors (Lipinski definition) is 4. The third kappa shape index (κ3) is 2.66. The fourth-order valence-electron chi connectivity index (χ4n) is 1.97. The summed E-state index contributed by atoms with van der Waals surface area (Å²) in [6.45, 7) is 0.495. The van der Waals surface area contributed by atoms with Crippen molar-refractivity contribution in [3.63, 3.8) is 0 Å². The molecule has 100 valence electrons. The quantitative estimate of drug-likeness (QED) is 0.786. The summed E-state index contributed by atoms with van der Waals surface area (Å²) < 4.78 is 5.68. The summed E-state index contributed by atoms with van der Waals surface area (Å²) in [5.74, 6) is 0.625. The topological polar surface area (TPSA) is 68.0 Å². The van der Waals surface area contributed by atoms with Crippen LogP contribution < -0.4 is 5.32 Å². The molecule has 1 aromatic carbocycles. The first-order chi connectivity index (χ1) is 9.83. The molecular weight excluding hydrogens is 254 g/mol. The van der Waals surface area contributed by atoms with E-state index in [4.69, 9.17) is 4.42 Å². The first kappa shape index (κ1) is 12.3. The number of amides is 1. The summed E-state index contributed by atoms with van der Waals surface area (Å²) in [5, 5.41) is 3.86. The highest BCUT2D eigenvalue weighted by molar-refractivity contribution is 5.91. The van der Waals surface area contributed by atoms with Gasteiger partial charge in [0.05, 0.1) is 6.20 Å². The van der Waals surface area contributed by atoms with Crippen molar-refractivity contribution in [3.8, 4) is 0 Å². The maximum Gasteiger partial charge on any atom is 0.271 e. The van der Waals surface area contributed by atoms with E-state index in [0.29, 0.717) is 18.7 Å². The lowest BCUT2D eigenvalue weighted by molar-refractivity contribution is 0.0948. The summed E-state index contributed by atoms with van der Waals surface area (Å²) in [7, 11) is 0. The van der Waals surface area contributed by atoms with Gasteiger partial charge in [0.25, 0.3) is 5.91 Å². The molecule has 1 amide bonds. The lowest BCUT2D eigenvalue weighted by Gasteiger charge is -2.02. The van der Waals surface area contributed by atoms with E-state index in [0.717, 1.165) is 16.7 Å². The highest BCUT2D eigenvalue weighted by Crippen LogP contribution is 2.18. The second-order valence-electron chi connectivity index (χ2n) is 4.35. The average Bonchev–Trinajstić information content (AvgIpc) is 2.90. The molecule has 0 atom stereocenters. The number of carbonyl (C=O) groups is 1. The van der Waals surface area contributed by atoms with Gasteiger partial charge in [0, 0.05) is 30.7 Å². The number of nitrogens with one attached hydrogen (secondary N) is 1. The first-order valence-corrected chi connectivity index (χ1v) is 6.34. The Balaban J connectivity index is 1.58. The molecule has 0 unspecified atom stereocenters. The van der Waals surface area contributed by atoms with Crippen molar-refractivity contribution in [3.05, 3.63) is 60.4 Å². The molecule has 1 N–H and O–H groups in total. The van der Waals surface area contributed by atoms with E-state index in [9.17, 15) is 4.79 Å². The Morgan fingerprint density at radius 3 is 2.95 bits per heavy atom. The fraction of sp³-hybridized carbons (Fsp3) is 0.133. The maximum absolute atomic E-state index is 11.8. The molecule has 0 saturated carbocycles. The van der Waals surface area contributed by atoms with E-state index >= 15 is 0 Å². The third-order valence-electron chi connectivity index (χ3n) is 2.93. The van der Waals surface area contributed by atoms with Crippen LogP contribution in [0.5, 0.6) is 0 Å². The summed E-state index contributed by atoms with van der Waals surface area (Å²) in [4.78, 5) is 19.6. The van der Waals surface area contributed by atoms with Crippen molar-refractivity contribution in [2.75, 3.05) is 6.54 Å². The van der Waals surface area contributed by atoms with Crippen molar-refractivity contribution in [1.29, 1.82) is 0 Å². The average molecular weight is 267 g/mol. The number of benzene rings is 1. The smallest absolute Gasteiger partial charge is 0.271 e. The third-order valence-corrected chi connectivity index (χ3v) is 2.93. The summed E-state index contributed by atoms with van der Waals surface area (Å²) in [5.41, 5.74) is 1.18. The molecule has 0 fully saturated rings. The van der Waals surface area contributed by atoms with Gasteiger partial charge in [-0.1, -0.05) is 18.2 Å². The van der Waals surface area contributed by atoms with Crippen molar-refractivity contribution >= 4 is 16.9 Å². The molecule has 3 aromatic rings. The monoisotopic (exact) mass is 267 g/mol. The minimum atomic E-state index is -0.228. The molecule has 0 bridgehead atoms. The van der Waals surface area contributed by atoms with Crippen molar-refractivity contribution in [1.82, 2.24) is 15.3 Å². The zero-order valence-corrected chi connectivity index (χ0v) is 10.7. The number of carbonyl (C=O) groups excluding carboxylic acids is 1. The highest BCUT2D eigenvalue weighted by Gasteiger charge is 2.07. The number of furan rings is 1. The Morgan fingerprint density at radius 1 is 1.25 bits per heavy atom. The molecule has 2 heterocycles. The van der Waals surface area contributed by atoms with Crippen molar-refractivity contribution in [2.45, 2.75) is 6.42 Å². The van der Waals surface area contributed by atoms with Crippen molar-refractivity contribution in [2.24, 2.45) is 0 Å². The molecular formula is C15H13N3O2. The number of aromatic nitrogens is 2. The Kier molecular flexibility index (Phi) is 3.41. The predicted octanol–water partition coefficient (Wildman–Crippen LogP) is 2.20. The number of rotatable bonds is 4. The van der Waals surface area contributed by atoms with Gasteiger partial charge in [0.15, 0.2) is 0 Å². The maximum atomic E-state index is 11.8. The lowest BCUT2D eigenvalue weighted by Crippen LogP contribution is -2.26. The van der Waals surface area contributed by atoms with Crippen LogP contribution in [0.2, 0.25) is 0 Å². The molecule has 0 radical (unpaired) electrons. The van der Waals surface area contributed by atoms with Crippen LogP contribution >= 0.6 is 0 Å². The van der Waals surface area contributed by atoms with Gasteiger partial charge in [-0.15, -0.1) is 0 Å². The molecule has 5 nitrogen and oxygen atoms in total. The van der Waals surface area contributed by atoms with E-state index in [1.807, 2.05) is 30.3 Å². The Morgan fingerprint density at radius 2 is 2.15 bits per heavy atom. The van der Waals surface area contributed by atoms with Gasteiger partial charge in [0.2, 0.25) is 0 Å². The minimum absolute atomic E-state index is 0.228. The second kappa shape index (κ2) is 5.52. The molecule has 2 aromatic heterocycles. The number of fused-ring (bicyclic) bond motifs is 1. The minimum Gasteiger partial charge on any atom is -0.461 e. The standard InChI is InChI=1S/C15H13N3O2/c19-15(13-10-16-7-8-17-13)18-6-5-12-9-11-3-1-2-4-14(11)20-12/h1-4,7-10H,5-6H2,(H,18,19). The number of nitrogens with zero attached hydrogens (tertiary/aromatic N) is 2. The summed E-state index contributed by atoms with van der Waals surface area (Å²) in [6, 6.07) is 9.82. The Bertz CT molecular complexity index is 689. The summed E-state index contributed by atoms with van der Waals surface area (Å²) in [6.07, 6.45) is 5.11. The summed E-state index contributed by atoms with van der Waals surface area (Å²) >= 11 is 0. The molecule has 3 rings (SSSR count). The SMILES string of the molecule is O=C(NCCc1cc2ccccc2o1)c1cnccn1. The predicted molar refractivity (Wildman–Crippen MR) is 74.3 cm³/mol. The fourth-order valence-corrected chi connectivity index (χ4v) is 1.97. The largest absolute Gasteiger partial charge is 0.461 e. The van der Waals surface area contributed by atoms with Crippen LogP contribution in [0.1, 0.15) is 16.2 Å². The van der Waals surface area contributed by atoms with E-state index in [-0.39, 0.29) is 5.91 Å². The zero-order valence-electron chi connectivity index (χ0n) is 10.7. The Labute approximate surface area is 115 Å². The van der Waals surface area contributed by atoms with Crippen molar-refractivity contribution < 1.29 is 9.21 Å². The van der Waals surface area contributed by atoms with Gasteiger partial charge < -0.3 is 9.73 Å². The molecule has 0 spiro atoms. The van der Waals surface area contributed by atoms with Gasteiger partial charge in [0.1, 0.15) is 17.0 Å². The lowest BCUT2D eigenvalue weighted by atomic mass is 10.2. The number of hydrogen-bond donors (Lipinski definition) is 1. The zero-order chi connectivity index (χ0) is 13.8. The molecule has 0 aliphatic carbocycles. The van der Waals surface area contributed by atoms with Crippen LogP contribution in [0.15, 0.2) is 53.3 Å². The molecule has 0 aliphatic rings. The first-order valence-electron chi connectivity index (χ1n) is 6.34. The van der Waals surface area contributed by atoms with Gasteiger partial charge in [-0.05, 0) is 12.1 Å². The van der Waals surface area contributed by atoms with Crippen LogP contribution in [0.3, 0.4) is 0 Å². The molecule has 0 saturated heterocycles. The number of para-hydroxylation sites is 1. The van der Waals surface area contributed by atoms with Crippen LogP contribution in [0, 0.1) is 0 Å². The van der Waals surface area contributed by atoms with Crippen LogP contribution in [-0.4, -0.2) is 22.4 Å². The van der Waals surface area contributed by atoms with Gasteiger partial charge in [-0.2, -0.15) is 0 Å². The highest BCUT2D eigenvalue weighted by atomic mass is 16.3. The van der Waals surface area contributed by atoms with Crippen LogP contribution in [0.4, 0.5) is 0 Å². The molecule has 5 heteroatoms. The molecule has 0 aliphatic heterocycles. The molecule has 20 heavy (non-hydrogen) atoms. The van der Waals surface area contributed by atoms with Crippen LogP contribution in [0.25, 0.3) is 11.0 Å². The van der Waals surface area contributed by atoms with E-state index < -0.39 is 0 Å². The Hall–Kier alpha value is -2.69. The van der Waals surface area contributed by atoms with Crippen LogP contribution in [-0.2, 0) is 6.42 Å². The van der Waals surface area contributed by atoms with E-state index in [1.54, 1.807) is 0 Å². The van der Waals surface area contributed by atoms with Gasteiger partial charge in [-0.25, -0.2) is 4.98 Å².